The number of hydrogen-bond acceptors (Lipinski definition) is 10. The molecular formula is C33H32O10. The van der Waals surface area contributed by atoms with Crippen LogP contribution in [0.5, 0.6) is 23.0 Å². The quantitative estimate of drug-likeness (QED) is 0.0926. The lowest BCUT2D eigenvalue weighted by atomic mass is 10.2. The Morgan fingerprint density at radius 3 is 1.60 bits per heavy atom. The lowest BCUT2D eigenvalue weighted by Gasteiger charge is -2.13. The third-order valence-electron chi connectivity index (χ3n) is 5.69. The zero-order chi connectivity index (χ0) is 31.0. The first-order chi connectivity index (χ1) is 20.8. The Morgan fingerprint density at radius 2 is 1.12 bits per heavy atom. The number of hydrogen-bond donors (Lipinski definition) is 0. The fourth-order valence-electron chi connectivity index (χ4n) is 3.58. The van der Waals surface area contributed by atoms with E-state index in [4.69, 9.17) is 28.4 Å². The van der Waals surface area contributed by atoms with Gasteiger partial charge < -0.3 is 28.4 Å². The zero-order valence-corrected chi connectivity index (χ0v) is 23.7. The van der Waals surface area contributed by atoms with Crippen LogP contribution in [-0.2, 0) is 19.1 Å². The fraction of sp³-hybridized carbons (Fsp3) is 0.212. The summed E-state index contributed by atoms with van der Waals surface area (Å²) in [5.74, 6) is -1.14. The summed E-state index contributed by atoms with van der Waals surface area (Å²) < 4.78 is 32.4. The molecule has 224 valence electrons. The van der Waals surface area contributed by atoms with E-state index in [-0.39, 0.29) is 49.1 Å². The molecule has 0 atom stereocenters. The van der Waals surface area contributed by atoms with Gasteiger partial charge in [0, 0.05) is 25.0 Å². The Labute approximate surface area is 249 Å². The van der Waals surface area contributed by atoms with Crippen molar-refractivity contribution in [2.24, 2.45) is 0 Å². The summed E-state index contributed by atoms with van der Waals surface area (Å²) >= 11 is 0. The average molecular weight is 589 g/mol. The number of carbonyl (C=O) groups excluding carboxylic acids is 4. The molecule has 43 heavy (non-hydrogen) atoms. The van der Waals surface area contributed by atoms with Gasteiger partial charge in [0.25, 0.3) is 0 Å². The van der Waals surface area contributed by atoms with E-state index in [9.17, 15) is 19.2 Å². The van der Waals surface area contributed by atoms with Crippen molar-refractivity contribution in [3.8, 4) is 23.0 Å². The zero-order valence-electron chi connectivity index (χ0n) is 23.7. The van der Waals surface area contributed by atoms with Gasteiger partial charge in [-0.25, -0.2) is 19.2 Å². The monoisotopic (exact) mass is 588 g/mol. The molecule has 0 radical (unpaired) electrons. The van der Waals surface area contributed by atoms with Gasteiger partial charge in [0.15, 0.2) is 0 Å². The van der Waals surface area contributed by atoms with Gasteiger partial charge in [0.2, 0.25) is 0 Å². The van der Waals surface area contributed by atoms with Crippen LogP contribution in [0.1, 0.15) is 39.1 Å². The van der Waals surface area contributed by atoms with Crippen LogP contribution < -0.4 is 18.9 Å². The highest BCUT2D eigenvalue weighted by Crippen LogP contribution is 2.28. The van der Waals surface area contributed by atoms with Crippen LogP contribution in [0.15, 0.2) is 92.0 Å². The van der Waals surface area contributed by atoms with E-state index in [1.807, 2.05) is 0 Å². The molecule has 0 aliphatic carbocycles. The predicted octanol–water partition coefficient (Wildman–Crippen LogP) is 5.43. The van der Waals surface area contributed by atoms with E-state index < -0.39 is 23.9 Å². The molecule has 0 unspecified atom stereocenters. The van der Waals surface area contributed by atoms with Crippen molar-refractivity contribution in [3.05, 3.63) is 109 Å². The molecule has 3 aromatic rings. The van der Waals surface area contributed by atoms with Gasteiger partial charge in [-0.3, -0.25) is 0 Å². The Kier molecular flexibility index (Phi) is 12.5. The van der Waals surface area contributed by atoms with E-state index in [1.165, 1.54) is 12.1 Å². The van der Waals surface area contributed by atoms with Crippen LogP contribution >= 0.6 is 0 Å². The molecule has 0 aliphatic heterocycles. The van der Waals surface area contributed by atoms with E-state index in [0.29, 0.717) is 29.9 Å². The third kappa shape index (κ3) is 10.2. The molecule has 0 aromatic heterocycles. The van der Waals surface area contributed by atoms with E-state index in [2.05, 4.69) is 13.2 Å². The van der Waals surface area contributed by atoms with Gasteiger partial charge in [-0.05, 0) is 55.0 Å². The Bertz CT molecular complexity index is 1460. The van der Waals surface area contributed by atoms with Crippen LogP contribution in [0.3, 0.4) is 0 Å². The van der Waals surface area contributed by atoms with E-state index in [0.717, 1.165) is 12.2 Å². The molecular weight excluding hydrogens is 556 g/mol. The third-order valence-corrected chi connectivity index (χ3v) is 5.69. The molecule has 0 saturated heterocycles. The first kappa shape index (κ1) is 32.1. The number of aryl methyl sites for hydroxylation is 1. The van der Waals surface area contributed by atoms with Crippen molar-refractivity contribution in [3.63, 3.8) is 0 Å². The molecule has 3 aromatic carbocycles. The summed E-state index contributed by atoms with van der Waals surface area (Å²) in [6, 6.07) is 17.9. The lowest BCUT2D eigenvalue weighted by Crippen LogP contribution is -2.13. The molecule has 0 amide bonds. The molecule has 10 nitrogen and oxygen atoms in total. The first-order valence-electron chi connectivity index (χ1n) is 13.4. The smallest absolute Gasteiger partial charge is 0.347 e. The SMILES string of the molecule is C=CC(=O)OCCCOc1ccccc1C(=O)Oc1ccc(OC(=O)c2ccccc2OCCCOC(=O)C=C)c(C)c1. The summed E-state index contributed by atoms with van der Waals surface area (Å²) in [7, 11) is 0. The predicted molar refractivity (Wildman–Crippen MR) is 157 cm³/mol. The van der Waals surface area contributed by atoms with Gasteiger partial charge in [-0.15, -0.1) is 0 Å². The maximum atomic E-state index is 13.0. The van der Waals surface area contributed by atoms with Crippen LogP contribution in [0.2, 0.25) is 0 Å². The standard InChI is InChI=1S/C33H32O10/c1-4-30(34)40-20-10-18-38-28-14-8-6-12-25(28)32(36)42-24-16-17-27(23(3)22-24)43-33(37)26-13-7-9-15-29(26)39-19-11-21-41-31(35)5-2/h4-9,12-17,22H,1-2,10-11,18-21H2,3H3. The van der Waals surface area contributed by atoms with Crippen LogP contribution in [0.4, 0.5) is 0 Å². The minimum atomic E-state index is -0.636. The van der Waals surface area contributed by atoms with Crippen LogP contribution in [-0.4, -0.2) is 50.3 Å². The van der Waals surface area contributed by atoms with Gasteiger partial charge in [0.1, 0.15) is 34.1 Å². The second-order valence-corrected chi connectivity index (χ2v) is 8.85. The normalized spacial score (nSPS) is 10.2. The van der Waals surface area contributed by atoms with Crippen molar-refractivity contribution in [2.45, 2.75) is 19.8 Å². The summed E-state index contributed by atoms with van der Waals surface area (Å²) in [6.45, 7) is 9.12. The van der Waals surface area contributed by atoms with Crippen molar-refractivity contribution in [1.82, 2.24) is 0 Å². The van der Waals surface area contributed by atoms with Crippen LogP contribution in [0, 0.1) is 6.92 Å². The van der Waals surface area contributed by atoms with E-state index in [1.54, 1.807) is 61.5 Å². The first-order valence-corrected chi connectivity index (χ1v) is 13.4. The maximum Gasteiger partial charge on any atom is 0.347 e. The van der Waals surface area contributed by atoms with Crippen molar-refractivity contribution in [2.75, 3.05) is 26.4 Å². The second-order valence-electron chi connectivity index (χ2n) is 8.85. The fourth-order valence-corrected chi connectivity index (χ4v) is 3.58. The molecule has 10 heteroatoms. The van der Waals surface area contributed by atoms with E-state index >= 15 is 0 Å². The summed E-state index contributed by atoms with van der Waals surface area (Å²) in [5.41, 5.74) is 0.991. The largest absolute Gasteiger partial charge is 0.493 e. The molecule has 3 rings (SSSR count). The summed E-state index contributed by atoms with van der Waals surface area (Å²) in [4.78, 5) is 48.1. The minimum absolute atomic E-state index is 0.154. The number of para-hydroxylation sites is 2. The molecule has 0 N–H and O–H groups in total. The highest BCUT2D eigenvalue weighted by molar-refractivity contribution is 5.95. The topological polar surface area (TPSA) is 124 Å². The van der Waals surface area contributed by atoms with Crippen molar-refractivity contribution < 1.29 is 47.6 Å². The molecule has 0 saturated carbocycles. The Morgan fingerprint density at radius 1 is 0.628 bits per heavy atom. The van der Waals surface area contributed by atoms with Gasteiger partial charge in [0.05, 0.1) is 26.4 Å². The maximum absolute atomic E-state index is 13.0. The number of rotatable bonds is 16. The van der Waals surface area contributed by atoms with Gasteiger partial charge >= 0.3 is 23.9 Å². The Balaban J connectivity index is 1.57. The molecule has 0 spiro atoms. The lowest BCUT2D eigenvalue weighted by molar-refractivity contribution is -0.138. The number of esters is 4. The van der Waals surface area contributed by atoms with Crippen molar-refractivity contribution >= 4 is 23.9 Å². The van der Waals surface area contributed by atoms with Crippen LogP contribution in [0.25, 0.3) is 0 Å². The molecule has 0 fully saturated rings. The number of carbonyl (C=O) groups is 4. The number of ether oxygens (including phenoxy) is 6. The summed E-state index contributed by atoms with van der Waals surface area (Å²) in [5, 5.41) is 0. The number of benzene rings is 3. The highest BCUT2D eigenvalue weighted by Gasteiger charge is 2.18. The second kappa shape index (κ2) is 16.8. The Hall–Kier alpha value is -5.38. The molecule has 0 bridgehead atoms. The van der Waals surface area contributed by atoms with Gasteiger partial charge in [-0.2, -0.15) is 0 Å². The average Bonchev–Trinajstić information content (AvgIpc) is 3.02. The highest BCUT2D eigenvalue weighted by atomic mass is 16.6. The van der Waals surface area contributed by atoms with Gasteiger partial charge in [-0.1, -0.05) is 37.4 Å². The molecule has 0 heterocycles. The summed E-state index contributed by atoms with van der Waals surface area (Å²) in [6.07, 6.45) is 3.01. The minimum Gasteiger partial charge on any atom is -0.493 e. The molecule has 0 aliphatic rings. The van der Waals surface area contributed by atoms with Crippen molar-refractivity contribution in [1.29, 1.82) is 0 Å².